The Hall–Kier alpha value is -2.70. The van der Waals surface area contributed by atoms with Crippen LogP contribution in [-0.2, 0) is 11.3 Å². The first-order valence-electron chi connectivity index (χ1n) is 5.90. The SMILES string of the molecule is O=C(CCn1cccc1)Nc1cccn2nnnc12. The van der Waals surface area contributed by atoms with Gasteiger partial charge in [-0.1, -0.05) is 0 Å². The minimum Gasteiger partial charge on any atom is -0.354 e. The lowest BCUT2D eigenvalue weighted by Crippen LogP contribution is -2.14. The average Bonchev–Trinajstić information content (AvgIpc) is 3.08. The quantitative estimate of drug-likeness (QED) is 0.754. The lowest BCUT2D eigenvalue weighted by atomic mass is 10.3. The van der Waals surface area contributed by atoms with Gasteiger partial charge in [0.2, 0.25) is 11.6 Å². The number of fused-ring (bicyclic) bond motifs is 1. The minimum atomic E-state index is -0.0650. The van der Waals surface area contributed by atoms with Crippen molar-refractivity contribution in [2.24, 2.45) is 0 Å². The van der Waals surface area contributed by atoms with Crippen molar-refractivity contribution in [1.82, 2.24) is 24.6 Å². The highest BCUT2D eigenvalue weighted by atomic mass is 16.1. The number of rotatable bonds is 4. The van der Waals surface area contributed by atoms with Gasteiger partial charge in [-0.3, -0.25) is 4.79 Å². The molecule has 0 aromatic carbocycles. The topological polar surface area (TPSA) is 77.1 Å². The number of pyridine rings is 1. The van der Waals surface area contributed by atoms with Crippen molar-refractivity contribution in [2.75, 3.05) is 5.32 Å². The lowest BCUT2D eigenvalue weighted by molar-refractivity contribution is -0.116. The molecule has 19 heavy (non-hydrogen) atoms. The van der Waals surface area contributed by atoms with E-state index in [2.05, 4.69) is 20.8 Å². The Kier molecular flexibility index (Phi) is 2.93. The van der Waals surface area contributed by atoms with Crippen molar-refractivity contribution in [2.45, 2.75) is 13.0 Å². The van der Waals surface area contributed by atoms with Crippen LogP contribution in [0.25, 0.3) is 5.65 Å². The standard InChI is InChI=1S/C12H12N6O/c19-11(5-9-17-6-1-2-7-17)13-10-4-3-8-18-12(10)14-15-16-18/h1-4,6-8H,5,9H2,(H,13,19). The normalized spacial score (nSPS) is 10.7. The summed E-state index contributed by atoms with van der Waals surface area (Å²) in [6, 6.07) is 7.42. The van der Waals surface area contributed by atoms with Crippen molar-refractivity contribution < 1.29 is 4.79 Å². The number of hydrogen-bond acceptors (Lipinski definition) is 4. The van der Waals surface area contributed by atoms with Crippen LogP contribution in [0.4, 0.5) is 5.69 Å². The summed E-state index contributed by atoms with van der Waals surface area (Å²) in [5, 5.41) is 14.0. The molecule has 0 fully saturated rings. The summed E-state index contributed by atoms with van der Waals surface area (Å²) in [5.74, 6) is -0.0650. The molecule has 7 nitrogen and oxygen atoms in total. The fourth-order valence-electron chi connectivity index (χ4n) is 1.83. The first-order chi connectivity index (χ1) is 9.33. The van der Waals surface area contributed by atoms with Crippen molar-refractivity contribution in [3.63, 3.8) is 0 Å². The van der Waals surface area contributed by atoms with E-state index in [0.29, 0.717) is 24.3 Å². The van der Waals surface area contributed by atoms with Gasteiger partial charge in [0.25, 0.3) is 0 Å². The Morgan fingerprint density at radius 2 is 2.05 bits per heavy atom. The molecule has 0 spiro atoms. The van der Waals surface area contributed by atoms with E-state index in [0.717, 1.165) is 0 Å². The van der Waals surface area contributed by atoms with Gasteiger partial charge in [-0.2, -0.15) is 4.52 Å². The van der Waals surface area contributed by atoms with Crippen molar-refractivity contribution in [1.29, 1.82) is 0 Å². The number of anilines is 1. The highest BCUT2D eigenvalue weighted by Crippen LogP contribution is 2.12. The monoisotopic (exact) mass is 256 g/mol. The average molecular weight is 256 g/mol. The zero-order valence-electron chi connectivity index (χ0n) is 10.1. The largest absolute Gasteiger partial charge is 0.354 e. The molecule has 3 heterocycles. The molecule has 0 aliphatic carbocycles. The molecule has 0 radical (unpaired) electrons. The molecule has 0 bridgehead atoms. The maximum Gasteiger partial charge on any atom is 0.226 e. The molecule has 0 saturated heterocycles. The number of aryl methyl sites for hydroxylation is 1. The third-order valence-corrected chi connectivity index (χ3v) is 2.76. The second-order valence-electron chi connectivity index (χ2n) is 4.09. The predicted molar refractivity (Wildman–Crippen MR) is 68.5 cm³/mol. The summed E-state index contributed by atoms with van der Waals surface area (Å²) in [5.41, 5.74) is 1.15. The van der Waals surface area contributed by atoms with Crippen LogP contribution in [0.3, 0.4) is 0 Å². The molecular weight excluding hydrogens is 244 g/mol. The van der Waals surface area contributed by atoms with Gasteiger partial charge in [-0.05, 0) is 34.7 Å². The Morgan fingerprint density at radius 1 is 1.21 bits per heavy atom. The molecule has 3 aromatic rings. The molecule has 0 aliphatic heterocycles. The maximum absolute atomic E-state index is 11.9. The molecule has 3 rings (SSSR count). The fraction of sp³-hybridized carbons (Fsp3) is 0.167. The highest BCUT2D eigenvalue weighted by molar-refractivity contribution is 5.94. The molecule has 3 aromatic heterocycles. The van der Waals surface area contributed by atoms with E-state index in [1.54, 1.807) is 18.3 Å². The van der Waals surface area contributed by atoms with Crippen LogP contribution in [0, 0.1) is 0 Å². The van der Waals surface area contributed by atoms with E-state index in [4.69, 9.17) is 0 Å². The zero-order chi connectivity index (χ0) is 13.1. The third-order valence-electron chi connectivity index (χ3n) is 2.76. The van der Waals surface area contributed by atoms with Gasteiger partial charge in [0.05, 0.1) is 5.69 Å². The summed E-state index contributed by atoms with van der Waals surface area (Å²) < 4.78 is 3.47. The Labute approximate surface area is 108 Å². The van der Waals surface area contributed by atoms with Crippen molar-refractivity contribution >= 4 is 17.2 Å². The van der Waals surface area contributed by atoms with Crippen LogP contribution >= 0.6 is 0 Å². The summed E-state index contributed by atoms with van der Waals surface area (Å²) in [6.45, 7) is 0.646. The first kappa shape index (κ1) is 11.4. The van der Waals surface area contributed by atoms with E-state index in [1.807, 2.05) is 29.1 Å². The van der Waals surface area contributed by atoms with Crippen molar-refractivity contribution in [3.05, 3.63) is 42.9 Å². The van der Waals surface area contributed by atoms with Gasteiger partial charge in [0, 0.05) is 31.6 Å². The second-order valence-corrected chi connectivity index (χ2v) is 4.09. The van der Waals surface area contributed by atoms with E-state index >= 15 is 0 Å². The number of amides is 1. The van der Waals surface area contributed by atoms with Crippen LogP contribution < -0.4 is 5.32 Å². The number of nitrogens with one attached hydrogen (secondary N) is 1. The predicted octanol–water partition coefficient (Wildman–Crippen LogP) is 0.955. The molecule has 1 N–H and O–H groups in total. The zero-order valence-corrected chi connectivity index (χ0v) is 10.1. The molecule has 96 valence electrons. The summed E-state index contributed by atoms with van der Waals surface area (Å²) in [4.78, 5) is 11.9. The number of hydrogen-bond donors (Lipinski definition) is 1. The van der Waals surface area contributed by atoms with Gasteiger partial charge >= 0.3 is 0 Å². The van der Waals surface area contributed by atoms with E-state index in [9.17, 15) is 4.79 Å². The van der Waals surface area contributed by atoms with Gasteiger partial charge in [-0.25, -0.2) is 0 Å². The smallest absolute Gasteiger partial charge is 0.226 e. The molecular formula is C12H12N6O. The van der Waals surface area contributed by atoms with Crippen LogP contribution in [-0.4, -0.2) is 30.5 Å². The van der Waals surface area contributed by atoms with E-state index in [1.165, 1.54) is 4.52 Å². The number of tetrazole rings is 1. The molecule has 0 aliphatic rings. The van der Waals surface area contributed by atoms with E-state index in [-0.39, 0.29) is 5.91 Å². The Morgan fingerprint density at radius 3 is 2.89 bits per heavy atom. The van der Waals surface area contributed by atoms with Gasteiger partial charge < -0.3 is 9.88 Å². The Balaban J connectivity index is 1.67. The maximum atomic E-state index is 11.9. The summed E-state index contributed by atoms with van der Waals surface area (Å²) in [7, 11) is 0. The van der Waals surface area contributed by atoms with Crippen molar-refractivity contribution in [3.8, 4) is 0 Å². The van der Waals surface area contributed by atoms with Gasteiger partial charge in [0.1, 0.15) is 0 Å². The molecule has 1 amide bonds. The molecule has 7 heteroatoms. The van der Waals surface area contributed by atoms with Crippen LogP contribution in [0.1, 0.15) is 6.42 Å². The second kappa shape index (κ2) is 4.89. The molecule has 0 atom stereocenters. The van der Waals surface area contributed by atoms with Crippen LogP contribution in [0.5, 0.6) is 0 Å². The van der Waals surface area contributed by atoms with Gasteiger partial charge in [-0.15, -0.1) is 5.10 Å². The number of nitrogens with zero attached hydrogens (tertiary/aromatic N) is 5. The number of carbonyl (C=O) groups is 1. The summed E-state index contributed by atoms with van der Waals surface area (Å²) >= 11 is 0. The van der Waals surface area contributed by atoms with E-state index < -0.39 is 0 Å². The number of aromatic nitrogens is 5. The van der Waals surface area contributed by atoms with Crippen LogP contribution in [0.15, 0.2) is 42.9 Å². The minimum absolute atomic E-state index is 0.0650. The highest BCUT2D eigenvalue weighted by Gasteiger charge is 2.08. The van der Waals surface area contributed by atoms with Gasteiger partial charge in [0.15, 0.2) is 0 Å². The number of carbonyl (C=O) groups excluding carboxylic acids is 1. The summed E-state index contributed by atoms with van der Waals surface area (Å²) in [6.07, 6.45) is 5.98. The third kappa shape index (κ3) is 2.44. The Bertz CT molecular complexity index is 687. The fourth-order valence-corrected chi connectivity index (χ4v) is 1.83. The first-order valence-corrected chi connectivity index (χ1v) is 5.90. The molecule has 0 saturated carbocycles. The molecule has 0 unspecified atom stereocenters. The van der Waals surface area contributed by atoms with Crippen LogP contribution in [0.2, 0.25) is 0 Å². The lowest BCUT2D eigenvalue weighted by Gasteiger charge is -2.06.